The predicted octanol–water partition coefficient (Wildman–Crippen LogP) is 1.59. The third-order valence-corrected chi connectivity index (χ3v) is 2.95. The molecule has 18 heavy (non-hydrogen) atoms. The number of terminal acetylenes is 1. The van der Waals surface area contributed by atoms with Crippen LogP contribution in [0.15, 0.2) is 18.2 Å². The van der Waals surface area contributed by atoms with Crippen molar-refractivity contribution in [3.8, 4) is 12.3 Å². The van der Waals surface area contributed by atoms with Crippen LogP contribution in [-0.4, -0.2) is 35.0 Å². The van der Waals surface area contributed by atoms with Gasteiger partial charge in [-0.3, -0.25) is 9.59 Å². The molecule has 0 aliphatic carbocycles. The van der Waals surface area contributed by atoms with Gasteiger partial charge in [-0.2, -0.15) is 0 Å². The molecule has 1 aromatic rings. The minimum absolute atomic E-state index is 0.113. The number of benzene rings is 1. The highest BCUT2D eigenvalue weighted by Gasteiger charge is 2.19. The van der Waals surface area contributed by atoms with Crippen molar-refractivity contribution in [1.29, 1.82) is 0 Å². The molecule has 0 fully saturated rings. The van der Waals surface area contributed by atoms with Gasteiger partial charge in [-0.25, -0.2) is 4.39 Å². The van der Waals surface area contributed by atoms with Gasteiger partial charge >= 0.3 is 5.97 Å². The Morgan fingerprint density at radius 3 is 2.67 bits per heavy atom. The van der Waals surface area contributed by atoms with Crippen LogP contribution in [0.2, 0.25) is 0 Å². The molecule has 0 aliphatic heterocycles. The fourth-order valence-electron chi connectivity index (χ4n) is 1.31. The van der Waals surface area contributed by atoms with Crippen molar-refractivity contribution < 1.29 is 19.1 Å². The number of aliphatic carboxylic acids is 1. The predicted molar refractivity (Wildman–Crippen MR) is 71.5 cm³/mol. The summed E-state index contributed by atoms with van der Waals surface area (Å²) in [6.07, 6.45) is 5.08. The zero-order valence-corrected chi connectivity index (χ0v) is 11.3. The summed E-state index contributed by atoms with van der Waals surface area (Å²) in [4.78, 5) is 23.7. The number of carboxylic acid groups (broad SMARTS) is 1. The van der Waals surface area contributed by atoms with Crippen molar-refractivity contribution in [2.24, 2.45) is 0 Å². The second-order valence-corrected chi connectivity index (χ2v) is 4.55. The van der Waals surface area contributed by atoms with Crippen LogP contribution in [0.5, 0.6) is 0 Å². The smallest absolute Gasteiger partial charge is 0.323 e. The molecule has 0 atom stereocenters. The summed E-state index contributed by atoms with van der Waals surface area (Å²) in [6, 6.07) is 3.65. The van der Waals surface area contributed by atoms with Gasteiger partial charge in [0.15, 0.2) is 0 Å². The summed E-state index contributed by atoms with van der Waals surface area (Å²) in [5, 5.41) is 8.70. The Balaban J connectivity index is 3.02. The van der Waals surface area contributed by atoms with Gasteiger partial charge in [-0.15, -0.1) is 6.42 Å². The molecule has 0 saturated carbocycles. The van der Waals surface area contributed by atoms with Gasteiger partial charge in [0.25, 0.3) is 5.91 Å². The van der Waals surface area contributed by atoms with E-state index in [-0.39, 0.29) is 12.1 Å². The zero-order valence-electron chi connectivity index (χ0n) is 9.19. The first-order valence-corrected chi connectivity index (χ1v) is 5.93. The van der Waals surface area contributed by atoms with Crippen LogP contribution in [0.25, 0.3) is 0 Å². The molecular formula is C12H9FINO3. The quantitative estimate of drug-likeness (QED) is 0.655. The zero-order chi connectivity index (χ0) is 13.7. The summed E-state index contributed by atoms with van der Waals surface area (Å²) in [5.41, 5.74) is 0.230. The fourth-order valence-corrected chi connectivity index (χ4v) is 2.01. The van der Waals surface area contributed by atoms with Crippen LogP contribution < -0.4 is 0 Å². The molecule has 0 bridgehead atoms. The van der Waals surface area contributed by atoms with Gasteiger partial charge in [0.05, 0.1) is 12.1 Å². The number of carboxylic acids is 1. The first kappa shape index (κ1) is 14.4. The summed E-state index contributed by atoms with van der Waals surface area (Å²) in [6.45, 7) is -0.602. The summed E-state index contributed by atoms with van der Waals surface area (Å²) in [5.74, 6) is 0.0747. The van der Waals surface area contributed by atoms with Crippen LogP contribution in [0, 0.1) is 21.7 Å². The van der Waals surface area contributed by atoms with Crippen molar-refractivity contribution >= 4 is 34.5 Å². The Kier molecular flexibility index (Phi) is 5.09. The number of hydrogen-bond donors (Lipinski definition) is 1. The number of rotatable bonds is 4. The Labute approximate surface area is 117 Å². The van der Waals surface area contributed by atoms with E-state index in [1.165, 1.54) is 12.1 Å². The Morgan fingerprint density at radius 1 is 1.50 bits per heavy atom. The van der Waals surface area contributed by atoms with E-state index in [1.54, 1.807) is 0 Å². The van der Waals surface area contributed by atoms with Gasteiger partial charge in [-0.1, -0.05) is 5.92 Å². The van der Waals surface area contributed by atoms with E-state index in [0.29, 0.717) is 3.57 Å². The maximum Gasteiger partial charge on any atom is 0.323 e. The number of amides is 1. The van der Waals surface area contributed by atoms with E-state index in [9.17, 15) is 14.0 Å². The molecule has 0 saturated heterocycles. The third kappa shape index (κ3) is 3.70. The molecule has 0 spiro atoms. The van der Waals surface area contributed by atoms with E-state index in [0.717, 1.165) is 11.0 Å². The van der Waals surface area contributed by atoms with Crippen molar-refractivity contribution in [3.05, 3.63) is 33.1 Å². The Hall–Kier alpha value is -1.62. The summed E-state index contributed by atoms with van der Waals surface area (Å²) >= 11 is 1.81. The number of hydrogen-bond acceptors (Lipinski definition) is 2. The van der Waals surface area contributed by atoms with Gasteiger partial charge in [0, 0.05) is 3.57 Å². The average molecular weight is 361 g/mol. The van der Waals surface area contributed by atoms with Gasteiger partial charge in [-0.05, 0) is 40.8 Å². The van der Waals surface area contributed by atoms with Crippen LogP contribution in [0.1, 0.15) is 10.4 Å². The second kappa shape index (κ2) is 6.35. The van der Waals surface area contributed by atoms with E-state index >= 15 is 0 Å². The van der Waals surface area contributed by atoms with E-state index in [4.69, 9.17) is 11.5 Å². The van der Waals surface area contributed by atoms with E-state index in [1.807, 2.05) is 22.6 Å². The fraction of sp³-hybridized carbons (Fsp3) is 0.167. The molecule has 0 aliphatic rings. The van der Waals surface area contributed by atoms with E-state index < -0.39 is 24.2 Å². The average Bonchev–Trinajstić information content (AvgIpc) is 2.27. The van der Waals surface area contributed by atoms with Crippen molar-refractivity contribution in [2.45, 2.75) is 0 Å². The molecule has 6 heteroatoms. The molecule has 1 amide bonds. The Morgan fingerprint density at radius 2 is 2.17 bits per heavy atom. The standard InChI is InChI=1S/C12H9FINO3/c1-2-5-15(7-11(16)17)12(18)9-4-3-8(13)6-10(9)14/h1,3-4,6H,5,7H2,(H,16,17). The lowest BCUT2D eigenvalue weighted by Crippen LogP contribution is -2.36. The lowest BCUT2D eigenvalue weighted by Gasteiger charge is -2.18. The monoisotopic (exact) mass is 361 g/mol. The van der Waals surface area contributed by atoms with Crippen molar-refractivity contribution in [3.63, 3.8) is 0 Å². The van der Waals surface area contributed by atoms with Gasteiger partial charge < -0.3 is 10.0 Å². The molecule has 0 heterocycles. The number of halogens is 2. The van der Waals surface area contributed by atoms with Crippen LogP contribution in [0.4, 0.5) is 4.39 Å². The highest BCUT2D eigenvalue weighted by Crippen LogP contribution is 2.16. The Bertz CT molecular complexity index is 525. The van der Waals surface area contributed by atoms with Gasteiger partial charge in [0.2, 0.25) is 0 Å². The number of carbonyl (C=O) groups excluding carboxylic acids is 1. The SMILES string of the molecule is C#CCN(CC(=O)O)C(=O)c1ccc(F)cc1I. The normalized spacial score (nSPS) is 9.61. The molecular weight excluding hydrogens is 352 g/mol. The minimum Gasteiger partial charge on any atom is -0.480 e. The van der Waals surface area contributed by atoms with Crippen molar-refractivity contribution in [2.75, 3.05) is 13.1 Å². The highest BCUT2D eigenvalue weighted by atomic mass is 127. The largest absolute Gasteiger partial charge is 0.480 e. The highest BCUT2D eigenvalue weighted by molar-refractivity contribution is 14.1. The van der Waals surface area contributed by atoms with E-state index in [2.05, 4.69) is 5.92 Å². The lowest BCUT2D eigenvalue weighted by atomic mass is 10.2. The molecule has 0 aromatic heterocycles. The van der Waals surface area contributed by atoms with Crippen molar-refractivity contribution in [1.82, 2.24) is 4.90 Å². The van der Waals surface area contributed by atoms with Crippen LogP contribution >= 0.6 is 22.6 Å². The third-order valence-electron chi connectivity index (χ3n) is 2.06. The number of carbonyl (C=O) groups is 2. The summed E-state index contributed by atoms with van der Waals surface area (Å²) in [7, 11) is 0. The van der Waals surface area contributed by atoms with Crippen LogP contribution in [-0.2, 0) is 4.79 Å². The molecule has 1 aromatic carbocycles. The molecule has 4 nitrogen and oxygen atoms in total. The molecule has 1 N–H and O–H groups in total. The first-order chi connectivity index (χ1) is 8.45. The maximum absolute atomic E-state index is 12.9. The first-order valence-electron chi connectivity index (χ1n) is 4.85. The molecule has 94 valence electrons. The lowest BCUT2D eigenvalue weighted by molar-refractivity contribution is -0.137. The topological polar surface area (TPSA) is 57.6 Å². The molecule has 1 rings (SSSR count). The summed E-state index contributed by atoms with van der Waals surface area (Å²) < 4.78 is 13.3. The maximum atomic E-state index is 12.9. The van der Waals surface area contributed by atoms with Crippen LogP contribution in [0.3, 0.4) is 0 Å². The van der Waals surface area contributed by atoms with Gasteiger partial charge in [0.1, 0.15) is 12.4 Å². The number of nitrogens with zero attached hydrogens (tertiary/aromatic N) is 1. The molecule has 0 radical (unpaired) electrons. The second-order valence-electron chi connectivity index (χ2n) is 3.38. The molecule has 0 unspecified atom stereocenters. The minimum atomic E-state index is -1.16.